The highest BCUT2D eigenvalue weighted by molar-refractivity contribution is 5.77. The molecule has 2 fully saturated rings. The molecule has 1 aromatic carbocycles. The minimum atomic E-state index is -1.41. The number of hydrogen-bond acceptors (Lipinski definition) is 5. The predicted octanol–water partition coefficient (Wildman–Crippen LogP) is 2.20. The fourth-order valence-corrected chi connectivity index (χ4v) is 4.27. The molecule has 8 heteroatoms. The van der Waals surface area contributed by atoms with Gasteiger partial charge in [-0.1, -0.05) is 25.3 Å². The molecule has 1 unspecified atom stereocenters. The third kappa shape index (κ3) is 5.65. The van der Waals surface area contributed by atoms with Gasteiger partial charge in [-0.2, -0.15) is 4.39 Å². The first-order valence-corrected chi connectivity index (χ1v) is 10.2. The van der Waals surface area contributed by atoms with E-state index in [1.807, 2.05) is 0 Å². The highest BCUT2D eigenvalue weighted by Crippen LogP contribution is 2.27. The summed E-state index contributed by atoms with van der Waals surface area (Å²) in [5, 5.41) is 11.3. The summed E-state index contributed by atoms with van der Waals surface area (Å²) in [6.07, 6.45) is 5.63. The lowest BCUT2D eigenvalue weighted by Gasteiger charge is -2.37. The monoisotopic (exact) mass is 412 g/mol. The summed E-state index contributed by atoms with van der Waals surface area (Å²) >= 11 is 0. The van der Waals surface area contributed by atoms with Crippen LogP contribution in [0.15, 0.2) is 18.2 Å². The Hall–Kier alpha value is -1.77. The maximum Gasteiger partial charge on any atom is 0.248 e. The Kier molecular flexibility index (Phi) is 7.43. The molecule has 0 radical (unpaired) electrons. The maximum absolute atomic E-state index is 14.0. The van der Waals surface area contributed by atoms with Gasteiger partial charge in [0, 0.05) is 32.8 Å². The zero-order valence-corrected chi connectivity index (χ0v) is 16.9. The van der Waals surface area contributed by atoms with Gasteiger partial charge in [-0.05, 0) is 25.0 Å². The van der Waals surface area contributed by atoms with Gasteiger partial charge in [0.25, 0.3) is 0 Å². The molecule has 1 heterocycles. The average Bonchev–Trinajstić information content (AvgIpc) is 2.90. The molecule has 3 rings (SSSR count). The van der Waals surface area contributed by atoms with Crippen molar-refractivity contribution < 1.29 is 28.2 Å². The van der Waals surface area contributed by atoms with Crippen molar-refractivity contribution in [1.29, 1.82) is 0 Å². The van der Waals surface area contributed by atoms with Crippen LogP contribution in [0, 0.1) is 11.6 Å². The van der Waals surface area contributed by atoms with E-state index in [9.17, 15) is 18.7 Å². The highest BCUT2D eigenvalue weighted by Gasteiger charge is 2.39. The second-order valence-electron chi connectivity index (χ2n) is 8.08. The van der Waals surface area contributed by atoms with Gasteiger partial charge in [0.2, 0.25) is 11.7 Å². The zero-order valence-electron chi connectivity index (χ0n) is 16.9. The summed E-state index contributed by atoms with van der Waals surface area (Å²) in [5.74, 6) is -2.55. The minimum absolute atomic E-state index is 0.0509. The summed E-state index contributed by atoms with van der Waals surface area (Å²) in [7, 11) is 1.45. The fraction of sp³-hybridized carbons (Fsp3) is 0.667. The van der Waals surface area contributed by atoms with Gasteiger partial charge in [0.05, 0.1) is 6.54 Å². The van der Waals surface area contributed by atoms with Crippen molar-refractivity contribution in [3.63, 3.8) is 0 Å². The lowest BCUT2D eigenvalue weighted by atomic mass is 9.93. The standard InChI is InChI=1S/C21H30F2N2O4/c1-28-12-19(26)25-11-10-24(16-6-3-2-4-7-16)13-21(27,14-25)15-29-18-9-5-8-17(22)20(18)23/h5,8-9,16,27H,2-4,6-7,10-15H2,1H3. The van der Waals surface area contributed by atoms with Crippen LogP contribution in [0.3, 0.4) is 0 Å². The van der Waals surface area contributed by atoms with Crippen molar-refractivity contribution >= 4 is 5.91 Å². The summed E-state index contributed by atoms with van der Waals surface area (Å²) in [6.45, 7) is 1.18. The van der Waals surface area contributed by atoms with E-state index in [4.69, 9.17) is 9.47 Å². The van der Waals surface area contributed by atoms with Crippen LogP contribution in [-0.2, 0) is 9.53 Å². The van der Waals surface area contributed by atoms with E-state index in [1.54, 1.807) is 4.90 Å². The Balaban J connectivity index is 1.76. The Morgan fingerprint density at radius 2 is 1.97 bits per heavy atom. The summed E-state index contributed by atoms with van der Waals surface area (Å²) in [4.78, 5) is 16.2. The van der Waals surface area contributed by atoms with Gasteiger partial charge < -0.3 is 19.5 Å². The normalized spacial score (nSPS) is 24.3. The summed E-state index contributed by atoms with van der Waals surface area (Å²) in [5.41, 5.74) is -1.41. The van der Waals surface area contributed by atoms with Gasteiger partial charge in [-0.25, -0.2) is 4.39 Å². The summed E-state index contributed by atoms with van der Waals surface area (Å²) < 4.78 is 37.9. The number of carbonyl (C=O) groups is 1. The molecular formula is C21H30F2N2O4. The maximum atomic E-state index is 14.0. The molecule has 0 aromatic heterocycles. The first-order chi connectivity index (χ1) is 13.9. The molecule has 1 saturated heterocycles. The SMILES string of the molecule is COCC(=O)N1CCN(C2CCCCC2)CC(O)(COc2cccc(F)c2F)C1. The lowest BCUT2D eigenvalue weighted by Crippen LogP contribution is -2.54. The van der Waals surface area contributed by atoms with Gasteiger partial charge in [0.1, 0.15) is 18.8 Å². The van der Waals surface area contributed by atoms with E-state index >= 15 is 0 Å². The molecule has 1 aliphatic heterocycles. The molecule has 1 amide bonds. The molecule has 1 aromatic rings. The van der Waals surface area contributed by atoms with Crippen LogP contribution >= 0.6 is 0 Å². The van der Waals surface area contributed by atoms with Crippen molar-refractivity contribution in [2.24, 2.45) is 0 Å². The van der Waals surface area contributed by atoms with Crippen LogP contribution in [0.1, 0.15) is 32.1 Å². The Morgan fingerprint density at radius 3 is 2.69 bits per heavy atom. The number of benzene rings is 1. The topological polar surface area (TPSA) is 62.2 Å². The van der Waals surface area contributed by atoms with Crippen molar-refractivity contribution in [2.75, 3.05) is 46.5 Å². The van der Waals surface area contributed by atoms with Crippen molar-refractivity contribution in [3.05, 3.63) is 29.8 Å². The number of methoxy groups -OCH3 is 1. The van der Waals surface area contributed by atoms with Crippen LogP contribution in [0.2, 0.25) is 0 Å². The van der Waals surface area contributed by atoms with Crippen LogP contribution in [-0.4, -0.2) is 79.0 Å². The Morgan fingerprint density at radius 1 is 1.21 bits per heavy atom. The van der Waals surface area contributed by atoms with Crippen molar-refractivity contribution in [1.82, 2.24) is 9.80 Å². The quantitative estimate of drug-likeness (QED) is 0.776. The molecule has 1 N–H and O–H groups in total. The molecule has 1 atom stereocenters. The third-order valence-electron chi connectivity index (χ3n) is 5.76. The molecule has 1 saturated carbocycles. The molecule has 0 bridgehead atoms. The molecule has 29 heavy (non-hydrogen) atoms. The smallest absolute Gasteiger partial charge is 0.248 e. The molecule has 0 spiro atoms. The van der Waals surface area contributed by atoms with Crippen LogP contribution in [0.25, 0.3) is 0 Å². The van der Waals surface area contributed by atoms with Gasteiger partial charge in [0.15, 0.2) is 11.6 Å². The molecule has 162 valence electrons. The number of β-amino-alcohol motifs (C(OH)–C–C–N with tert-alkyl or cyclic N) is 1. The molecular weight excluding hydrogens is 382 g/mol. The lowest BCUT2D eigenvalue weighted by molar-refractivity contribution is -0.138. The highest BCUT2D eigenvalue weighted by atomic mass is 19.2. The fourth-order valence-electron chi connectivity index (χ4n) is 4.27. The molecule has 1 aliphatic carbocycles. The van der Waals surface area contributed by atoms with Gasteiger partial charge in [-0.15, -0.1) is 0 Å². The molecule has 2 aliphatic rings. The number of hydrogen-bond donors (Lipinski definition) is 1. The van der Waals surface area contributed by atoms with Gasteiger partial charge >= 0.3 is 0 Å². The van der Waals surface area contributed by atoms with Crippen molar-refractivity contribution in [2.45, 2.75) is 43.7 Å². The number of halogens is 2. The second kappa shape index (κ2) is 9.82. The Bertz CT molecular complexity index is 699. The minimum Gasteiger partial charge on any atom is -0.487 e. The largest absolute Gasteiger partial charge is 0.487 e. The van der Waals surface area contributed by atoms with E-state index in [1.165, 1.54) is 25.7 Å². The third-order valence-corrected chi connectivity index (χ3v) is 5.76. The van der Waals surface area contributed by atoms with E-state index in [0.29, 0.717) is 25.7 Å². The number of carbonyl (C=O) groups excluding carboxylic acids is 1. The van der Waals surface area contributed by atoms with Crippen LogP contribution in [0.4, 0.5) is 8.78 Å². The predicted molar refractivity (Wildman–Crippen MR) is 104 cm³/mol. The first kappa shape index (κ1) is 21.9. The Labute approximate surface area is 170 Å². The number of aliphatic hydroxyl groups is 1. The van der Waals surface area contributed by atoms with Crippen molar-refractivity contribution in [3.8, 4) is 5.75 Å². The van der Waals surface area contributed by atoms with Crippen LogP contribution in [0.5, 0.6) is 5.75 Å². The number of nitrogens with zero attached hydrogens (tertiary/aromatic N) is 2. The second-order valence-corrected chi connectivity index (χ2v) is 8.08. The van der Waals surface area contributed by atoms with E-state index in [2.05, 4.69) is 4.90 Å². The first-order valence-electron chi connectivity index (χ1n) is 10.2. The number of ether oxygens (including phenoxy) is 2. The van der Waals surface area contributed by atoms with E-state index in [0.717, 1.165) is 31.7 Å². The molecule has 6 nitrogen and oxygen atoms in total. The van der Waals surface area contributed by atoms with Gasteiger partial charge in [-0.3, -0.25) is 9.69 Å². The van der Waals surface area contributed by atoms with E-state index < -0.39 is 17.2 Å². The average molecular weight is 412 g/mol. The zero-order chi connectivity index (χ0) is 20.9. The van der Waals surface area contributed by atoms with Crippen LogP contribution < -0.4 is 4.74 Å². The van der Waals surface area contributed by atoms with E-state index in [-0.39, 0.29) is 31.4 Å². The number of rotatable bonds is 6. The number of amides is 1. The summed E-state index contributed by atoms with van der Waals surface area (Å²) in [6, 6.07) is 4.04.